The highest BCUT2D eigenvalue weighted by molar-refractivity contribution is 5.92. The zero-order valence-electron chi connectivity index (χ0n) is 29.9. The first-order valence-electron chi connectivity index (χ1n) is 16.8. The van der Waals surface area contributed by atoms with Crippen LogP contribution in [0.4, 0.5) is 0 Å². The van der Waals surface area contributed by atoms with Crippen LogP contribution < -0.4 is 26.6 Å². The van der Waals surface area contributed by atoms with Gasteiger partial charge in [-0.25, -0.2) is 0 Å². The van der Waals surface area contributed by atoms with E-state index in [1.165, 1.54) is 6.92 Å². The quantitative estimate of drug-likeness (QED) is 0.0827. The number of aliphatic hydroxyl groups is 2. The van der Waals surface area contributed by atoms with Gasteiger partial charge in [-0.2, -0.15) is 0 Å². The Morgan fingerprint density at radius 1 is 0.553 bits per heavy atom. The van der Waals surface area contributed by atoms with Crippen molar-refractivity contribution < 1.29 is 44.1 Å². The predicted octanol–water partition coefficient (Wildman–Crippen LogP) is 1.22. The zero-order valence-corrected chi connectivity index (χ0v) is 29.9. The van der Waals surface area contributed by atoms with E-state index in [2.05, 4.69) is 26.6 Å². The highest BCUT2D eigenvalue weighted by atomic mass is 16.4. The first-order chi connectivity index (χ1) is 21.7. The second-order valence-corrected chi connectivity index (χ2v) is 14.0. The lowest BCUT2D eigenvalue weighted by molar-refractivity contribution is -0.140. The van der Waals surface area contributed by atoms with Crippen LogP contribution in [0.1, 0.15) is 108 Å². The molecule has 0 aliphatic heterocycles. The van der Waals surface area contributed by atoms with Crippen molar-refractivity contribution in [2.45, 2.75) is 150 Å². The summed E-state index contributed by atoms with van der Waals surface area (Å²) in [4.78, 5) is 75.6. The van der Waals surface area contributed by atoms with Gasteiger partial charge in [0, 0.05) is 6.42 Å². The van der Waals surface area contributed by atoms with Crippen LogP contribution in [0.2, 0.25) is 0 Å². The minimum atomic E-state index is -1.33. The minimum absolute atomic E-state index is 0.0176. The van der Waals surface area contributed by atoms with E-state index in [1.807, 2.05) is 34.6 Å². The Balaban J connectivity index is 5.58. The lowest BCUT2D eigenvalue weighted by Crippen LogP contribution is -2.59. The van der Waals surface area contributed by atoms with Crippen LogP contribution in [0.25, 0.3) is 0 Å². The smallest absolute Gasteiger partial charge is 0.306 e. The third-order valence-corrected chi connectivity index (χ3v) is 7.57. The summed E-state index contributed by atoms with van der Waals surface area (Å²) in [5, 5.41) is 43.8. The van der Waals surface area contributed by atoms with E-state index in [-0.39, 0.29) is 36.0 Å². The predicted molar refractivity (Wildman–Crippen MR) is 178 cm³/mol. The van der Waals surface area contributed by atoms with Gasteiger partial charge in [0.05, 0.1) is 37.1 Å². The van der Waals surface area contributed by atoms with Crippen LogP contribution in [-0.4, -0.2) is 93.2 Å². The Bertz CT molecular complexity index is 1030. The molecule has 0 radical (unpaired) electrons. The van der Waals surface area contributed by atoms with Crippen molar-refractivity contribution in [3.05, 3.63) is 0 Å². The maximum atomic E-state index is 13.5. The topological polar surface area (TPSA) is 223 Å². The van der Waals surface area contributed by atoms with Gasteiger partial charge in [0.25, 0.3) is 0 Å². The van der Waals surface area contributed by atoms with Gasteiger partial charge < -0.3 is 41.9 Å². The lowest BCUT2D eigenvalue weighted by atomic mass is 9.95. The summed E-state index contributed by atoms with van der Waals surface area (Å²) in [5.74, 6) is -4.33. The van der Waals surface area contributed by atoms with E-state index in [9.17, 15) is 39.0 Å². The molecule has 0 aromatic rings. The molecule has 0 saturated heterocycles. The van der Waals surface area contributed by atoms with Crippen LogP contribution in [0.3, 0.4) is 0 Å². The molecular weight excluding hydrogens is 610 g/mol. The third kappa shape index (κ3) is 17.5. The fraction of sp³-hybridized carbons (Fsp3) is 0.818. The molecule has 0 heterocycles. The highest BCUT2D eigenvalue weighted by Crippen LogP contribution is 2.15. The van der Waals surface area contributed by atoms with Crippen molar-refractivity contribution in [1.29, 1.82) is 0 Å². The van der Waals surface area contributed by atoms with Crippen LogP contribution in [0, 0.1) is 23.7 Å². The van der Waals surface area contributed by atoms with Crippen molar-refractivity contribution in [2.75, 3.05) is 0 Å². The second kappa shape index (κ2) is 21.6. The second-order valence-electron chi connectivity index (χ2n) is 14.0. The van der Waals surface area contributed by atoms with Gasteiger partial charge in [0.15, 0.2) is 0 Å². The molecule has 0 saturated carbocycles. The van der Waals surface area contributed by atoms with Crippen molar-refractivity contribution in [3.8, 4) is 0 Å². The van der Waals surface area contributed by atoms with Crippen molar-refractivity contribution in [2.24, 2.45) is 23.7 Å². The summed E-state index contributed by atoms with van der Waals surface area (Å²) >= 11 is 0. The van der Waals surface area contributed by atoms with Gasteiger partial charge >= 0.3 is 5.97 Å². The summed E-state index contributed by atoms with van der Waals surface area (Å²) < 4.78 is 0. The number of hydrogen-bond acceptors (Lipinski definition) is 8. The Kier molecular flexibility index (Phi) is 20.1. The van der Waals surface area contributed by atoms with Crippen molar-refractivity contribution in [1.82, 2.24) is 26.6 Å². The fourth-order valence-corrected chi connectivity index (χ4v) is 5.03. The van der Waals surface area contributed by atoms with Crippen molar-refractivity contribution >= 4 is 35.5 Å². The molecule has 47 heavy (non-hydrogen) atoms. The average molecular weight is 672 g/mol. The van der Waals surface area contributed by atoms with Gasteiger partial charge in [-0.3, -0.25) is 28.8 Å². The molecule has 0 aliphatic rings. The molecule has 7 unspecified atom stereocenters. The van der Waals surface area contributed by atoms with Gasteiger partial charge in [0.1, 0.15) is 18.1 Å². The number of rotatable bonds is 22. The summed E-state index contributed by atoms with van der Waals surface area (Å²) in [6.45, 7) is 17.9. The van der Waals surface area contributed by atoms with Crippen LogP contribution >= 0.6 is 0 Å². The molecular formula is C33H61N5O9. The molecule has 5 amide bonds. The van der Waals surface area contributed by atoms with Gasteiger partial charge in [-0.1, -0.05) is 62.3 Å². The van der Waals surface area contributed by atoms with Crippen molar-refractivity contribution in [3.63, 3.8) is 0 Å². The number of carbonyl (C=O) groups is 6. The van der Waals surface area contributed by atoms with E-state index in [0.29, 0.717) is 19.3 Å². The minimum Gasteiger partial charge on any atom is -0.481 e. The Hall–Kier alpha value is -3.26. The Morgan fingerprint density at radius 3 is 1.40 bits per heavy atom. The van der Waals surface area contributed by atoms with Crippen LogP contribution in [0.5, 0.6) is 0 Å². The van der Waals surface area contributed by atoms with Gasteiger partial charge in [-0.05, 0) is 49.9 Å². The number of aliphatic carboxylic acids is 1. The molecule has 7 atom stereocenters. The molecule has 0 spiro atoms. The SMILES string of the molecule is CCCC(=O)NC(C(=O)NC(C(=O)NC(CC(C)C)C(O)CC(=O)NC(C)C(=O)NC(CC(C)C)C(O)CC(=O)O)C(C)C)C(C)C. The Morgan fingerprint density at radius 2 is 0.979 bits per heavy atom. The lowest BCUT2D eigenvalue weighted by Gasteiger charge is -2.31. The number of nitrogens with one attached hydrogen (secondary N) is 5. The summed E-state index contributed by atoms with van der Waals surface area (Å²) in [7, 11) is 0. The first kappa shape index (κ1) is 43.7. The number of carbonyl (C=O) groups excluding carboxylic acids is 5. The number of carboxylic acids is 1. The third-order valence-electron chi connectivity index (χ3n) is 7.57. The van der Waals surface area contributed by atoms with E-state index in [1.54, 1.807) is 27.7 Å². The molecule has 0 rings (SSSR count). The average Bonchev–Trinajstić information content (AvgIpc) is 2.92. The standard InChI is InChI=1S/C33H61N5O9/c1-11-12-26(41)37-29(19(6)7)33(47)38-30(20(8)9)32(46)36-22(13-17(2)3)24(39)15-27(42)34-21(10)31(45)35-23(14-18(4)5)25(40)16-28(43)44/h17-25,29-30,39-40H,11-16H2,1-10H3,(H,34,42)(H,35,45)(H,36,46)(H,37,41)(H,38,47)(H,43,44). The molecule has 0 aliphatic carbocycles. The number of hydrogen-bond donors (Lipinski definition) is 8. The molecule has 272 valence electrons. The van der Waals surface area contributed by atoms with E-state index in [4.69, 9.17) is 5.11 Å². The van der Waals surface area contributed by atoms with Crippen LogP contribution in [0.15, 0.2) is 0 Å². The normalized spacial score (nSPS) is 16.1. The molecule has 0 bridgehead atoms. The Labute approximate surface area is 280 Å². The van der Waals surface area contributed by atoms with E-state index in [0.717, 1.165) is 0 Å². The first-order valence-corrected chi connectivity index (χ1v) is 16.8. The molecule has 0 aromatic carbocycles. The van der Waals surface area contributed by atoms with Crippen LogP contribution in [-0.2, 0) is 28.8 Å². The molecule has 0 aromatic heterocycles. The fourth-order valence-electron chi connectivity index (χ4n) is 5.03. The largest absolute Gasteiger partial charge is 0.481 e. The monoisotopic (exact) mass is 671 g/mol. The molecule has 0 fully saturated rings. The highest BCUT2D eigenvalue weighted by Gasteiger charge is 2.34. The summed E-state index contributed by atoms with van der Waals surface area (Å²) in [5.41, 5.74) is 0. The molecule has 14 heteroatoms. The maximum Gasteiger partial charge on any atom is 0.306 e. The zero-order chi connectivity index (χ0) is 36.6. The van der Waals surface area contributed by atoms with E-state index >= 15 is 0 Å². The van der Waals surface area contributed by atoms with Gasteiger partial charge in [0.2, 0.25) is 29.5 Å². The molecule has 8 N–H and O–H groups in total. The number of carboxylic acid groups (broad SMARTS) is 1. The van der Waals surface area contributed by atoms with E-state index < -0.39 is 84.9 Å². The van der Waals surface area contributed by atoms with Gasteiger partial charge in [-0.15, -0.1) is 0 Å². The summed E-state index contributed by atoms with van der Waals surface area (Å²) in [6, 6.07) is -4.59. The maximum absolute atomic E-state index is 13.5. The molecule has 14 nitrogen and oxygen atoms in total. The number of amides is 5. The number of aliphatic hydroxyl groups excluding tert-OH is 2. The summed E-state index contributed by atoms with van der Waals surface area (Å²) in [6.07, 6.45) is -2.12.